The van der Waals surface area contributed by atoms with Crippen LogP contribution in [0.3, 0.4) is 0 Å². The zero-order valence-corrected chi connectivity index (χ0v) is 23.4. The first kappa shape index (κ1) is 27.5. The first-order chi connectivity index (χ1) is 20.1. The van der Waals surface area contributed by atoms with Crippen LogP contribution in [-0.2, 0) is 4.79 Å². The van der Waals surface area contributed by atoms with Gasteiger partial charge in [-0.25, -0.2) is 13.4 Å². The highest BCUT2D eigenvalue weighted by Crippen LogP contribution is 2.61. The van der Waals surface area contributed by atoms with E-state index in [1.54, 1.807) is 12.1 Å². The molecular weight excluding hydrogens is 548 g/mol. The highest BCUT2D eigenvalue weighted by atomic mass is 19.1. The van der Waals surface area contributed by atoms with Crippen LogP contribution < -0.4 is 15.4 Å². The molecule has 13 heteroatoms. The predicted molar refractivity (Wildman–Crippen MR) is 146 cm³/mol. The maximum absolute atomic E-state index is 14.8. The first-order valence-corrected chi connectivity index (χ1v) is 13.6. The fourth-order valence-corrected chi connectivity index (χ4v) is 5.75. The minimum absolute atomic E-state index is 0.0674. The fourth-order valence-electron chi connectivity index (χ4n) is 5.75. The number of aromatic amines is 1. The number of ether oxygens (including phenoxy) is 1. The minimum Gasteiger partial charge on any atom is -0.490 e. The Balaban J connectivity index is 1.36. The molecule has 11 nitrogen and oxygen atoms in total. The molecule has 4 aromatic rings. The molecule has 218 valence electrons. The van der Waals surface area contributed by atoms with Gasteiger partial charge in [0.1, 0.15) is 17.6 Å². The number of aromatic nitrogens is 5. The Morgan fingerprint density at radius 1 is 1.14 bits per heavy atom. The molecule has 3 N–H and O–H groups in total. The van der Waals surface area contributed by atoms with Gasteiger partial charge >= 0.3 is 0 Å². The number of aryl methyl sites for hydroxylation is 2. The van der Waals surface area contributed by atoms with Crippen molar-refractivity contribution in [2.45, 2.75) is 58.4 Å². The maximum Gasteiger partial charge on any atom is 0.276 e. The van der Waals surface area contributed by atoms with E-state index in [1.165, 1.54) is 6.20 Å². The van der Waals surface area contributed by atoms with E-state index < -0.39 is 40.8 Å². The Kier molecular flexibility index (Phi) is 6.74. The monoisotopic (exact) mass is 577 g/mol. The van der Waals surface area contributed by atoms with Crippen LogP contribution in [-0.4, -0.2) is 50.0 Å². The van der Waals surface area contributed by atoms with E-state index in [0.29, 0.717) is 29.9 Å². The van der Waals surface area contributed by atoms with Gasteiger partial charge in [-0.1, -0.05) is 19.0 Å². The summed E-state index contributed by atoms with van der Waals surface area (Å²) in [6, 6.07) is 4.09. The number of rotatable bonds is 7. The molecule has 2 amide bonds. The van der Waals surface area contributed by atoms with Crippen molar-refractivity contribution in [2.24, 2.45) is 5.41 Å². The van der Waals surface area contributed by atoms with Gasteiger partial charge in [0.05, 0.1) is 29.9 Å². The van der Waals surface area contributed by atoms with Crippen LogP contribution >= 0.6 is 0 Å². The number of nitrogens with zero attached hydrogens (tertiary/aromatic N) is 4. The van der Waals surface area contributed by atoms with E-state index >= 15 is 0 Å². The van der Waals surface area contributed by atoms with Crippen LogP contribution in [0.1, 0.15) is 71.7 Å². The van der Waals surface area contributed by atoms with Crippen LogP contribution in [0, 0.1) is 30.9 Å². The smallest absolute Gasteiger partial charge is 0.276 e. The lowest BCUT2D eigenvalue weighted by molar-refractivity contribution is -0.119. The van der Waals surface area contributed by atoms with Gasteiger partial charge in [-0.05, 0) is 50.0 Å². The number of anilines is 1. The summed E-state index contributed by atoms with van der Waals surface area (Å²) in [6.07, 6.45) is 2.80. The van der Waals surface area contributed by atoms with E-state index in [-0.39, 0.29) is 29.5 Å². The van der Waals surface area contributed by atoms with Gasteiger partial charge in [0.2, 0.25) is 5.91 Å². The van der Waals surface area contributed by atoms with Crippen LogP contribution in [0.15, 0.2) is 35.1 Å². The summed E-state index contributed by atoms with van der Waals surface area (Å²) in [5, 5.41) is 20.3. The summed E-state index contributed by atoms with van der Waals surface area (Å²) in [6.45, 7) is 7.52. The molecule has 1 aliphatic carbocycles. The van der Waals surface area contributed by atoms with Gasteiger partial charge in [0, 0.05) is 40.1 Å². The third-order valence-electron chi connectivity index (χ3n) is 8.02. The summed E-state index contributed by atoms with van der Waals surface area (Å²) in [7, 11) is 0. The summed E-state index contributed by atoms with van der Waals surface area (Å²) in [5.41, 5.74) is 3.38. The molecule has 1 aliphatic heterocycles. The van der Waals surface area contributed by atoms with E-state index in [2.05, 4.69) is 36.1 Å². The van der Waals surface area contributed by atoms with Crippen molar-refractivity contribution in [1.82, 2.24) is 30.8 Å². The molecule has 2 aliphatic rings. The van der Waals surface area contributed by atoms with E-state index in [1.807, 2.05) is 27.7 Å². The number of nitrogens with one attached hydrogen (secondary N) is 3. The lowest BCUT2D eigenvalue weighted by Crippen LogP contribution is -2.52. The SMILES string of the molecule is Cc1n[nH]c(C)c1-c1ccc(NC(=O)[C@@H](NC(=O)c2nonc2C(C)C)C2c3cc(F)cc(F)c3OCC23CC3)cn1. The molecule has 1 aromatic carbocycles. The molecule has 2 atom stereocenters. The van der Waals surface area contributed by atoms with Crippen molar-refractivity contribution < 1.29 is 27.7 Å². The number of fused-ring (bicyclic) bond motifs is 1. The van der Waals surface area contributed by atoms with Gasteiger partial charge in [0.15, 0.2) is 17.3 Å². The second-order valence-corrected chi connectivity index (χ2v) is 11.3. The van der Waals surface area contributed by atoms with Crippen molar-refractivity contribution in [2.75, 3.05) is 11.9 Å². The number of hydrogen-bond donors (Lipinski definition) is 3. The third-order valence-corrected chi connectivity index (χ3v) is 8.02. The summed E-state index contributed by atoms with van der Waals surface area (Å²) >= 11 is 0. The third kappa shape index (κ3) is 4.78. The molecular formula is C29H29F2N7O4. The molecule has 4 heterocycles. The lowest BCUT2D eigenvalue weighted by atomic mass is 9.75. The highest BCUT2D eigenvalue weighted by Gasteiger charge is 2.58. The van der Waals surface area contributed by atoms with E-state index in [4.69, 9.17) is 9.37 Å². The van der Waals surface area contributed by atoms with Crippen molar-refractivity contribution >= 4 is 17.5 Å². The highest BCUT2D eigenvalue weighted by molar-refractivity contribution is 6.01. The van der Waals surface area contributed by atoms with Crippen molar-refractivity contribution in [3.05, 3.63) is 70.4 Å². The number of carbonyl (C=O) groups is 2. The van der Waals surface area contributed by atoms with Crippen LogP contribution in [0.2, 0.25) is 0 Å². The number of H-pyrrole nitrogens is 1. The van der Waals surface area contributed by atoms with E-state index in [0.717, 1.165) is 29.1 Å². The van der Waals surface area contributed by atoms with E-state index in [9.17, 15) is 18.4 Å². The summed E-state index contributed by atoms with van der Waals surface area (Å²) < 4.78 is 39.9. The molecule has 1 spiro atoms. The fraction of sp³-hybridized carbons (Fsp3) is 0.379. The number of carbonyl (C=O) groups excluding carboxylic acids is 2. The van der Waals surface area contributed by atoms with Gasteiger partial charge in [-0.3, -0.25) is 19.7 Å². The molecule has 0 bridgehead atoms. The first-order valence-electron chi connectivity index (χ1n) is 13.6. The Hall–Kier alpha value is -4.68. The van der Waals surface area contributed by atoms with Crippen LogP contribution in [0.5, 0.6) is 5.75 Å². The number of hydrogen-bond acceptors (Lipinski definition) is 8. The second-order valence-electron chi connectivity index (χ2n) is 11.3. The summed E-state index contributed by atoms with van der Waals surface area (Å²) in [4.78, 5) is 32.0. The predicted octanol–water partition coefficient (Wildman–Crippen LogP) is 4.57. The topological polar surface area (TPSA) is 148 Å². The Morgan fingerprint density at radius 3 is 2.57 bits per heavy atom. The standard InChI is InChI=1S/C29H29F2N7O4/c1-13(2)23-25(38-42-37-23)28(40)34-24(22-18-9-16(30)10-19(31)26(18)41-12-29(22)7-8-29)27(39)33-17-5-6-20(32-11-17)21-14(3)35-36-15(21)4/h5-6,9-11,13,22,24H,7-8,12H2,1-4H3,(H,33,39)(H,34,40)(H,35,36)/t22?,24-/m0/s1. The number of benzene rings is 1. The zero-order valence-electron chi connectivity index (χ0n) is 23.4. The largest absolute Gasteiger partial charge is 0.490 e. The normalized spacial score (nSPS) is 17.5. The molecule has 1 saturated carbocycles. The van der Waals surface area contributed by atoms with Gasteiger partial charge in [-0.2, -0.15) is 5.10 Å². The molecule has 1 unspecified atom stereocenters. The van der Waals surface area contributed by atoms with Crippen LogP contribution in [0.25, 0.3) is 11.3 Å². The number of amides is 2. The minimum atomic E-state index is -1.25. The molecule has 0 saturated heterocycles. The van der Waals surface area contributed by atoms with Crippen molar-refractivity contribution in [3.8, 4) is 17.0 Å². The van der Waals surface area contributed by atoms with Crippen molar-refractivity contribution in [1.29, 1.82) is 0 Å². The molecule has 3 aromatic heterocycles. The van der Waals surface area contributed by atoms with Gasteiger partial charge in [0.25, 0.3) is 5.91 Å². The lowest BCUT2D eigenvalue weighted by Gasteiger charge is -2.38. The number of halogens is 2. The Bertz CT molecular complexity index is 1660. The van der Waals surface area contributed by atoms with Gasteiger partial charge < -0.3 is 15.4 Å². The zero-order chi connectivity index (χ0) is 29.8. The summed E-state index contributed by atoms with van der Waals surface area (Å²) in [5.74, 6) is -4.07. The molecule has 42 heavy (non-hydrogen) atoms. The van der Waals surface area contributed by atoms with Crippen molar-refractivity contribution in [3.63, 3.8) is 0 Å². The number of pyridine rings is 1. The molecule has 1 fully saturated rings. The van der Waals surface area contributed by atoms with Crippen LogP contribution in [0.4, 0.5) is 14.5 Å². The Morgan fingerprint density at radius 2 is 1.93 bits per heavy atom. The second kappa shape index (κ2) is 10.3. The quantitative estimate of drug-likeness (QED) is 0.289. The maximum atomic E-state index is 14.8. The Labute approximate surface area is 239 Å². The average molecular weight is 578 g/mol. The molecule has 6 rings (SSSR count). The van der Waals surface area contributed by atoms with Gasteiger partial charge in [-0.15, -0.1) is 0 Å². The average Bonchev–Trinajstić information content (AvgIpc) is 3.36. The molecule has 0 radical (unpaired) electrons.